The molecular formula is C21H18ClF3N2O2. The van der Waals surface area contributed by atoms with E-state index in [9.17, 15) is 18.0 Å². The predicted molar refractivity (Wildman–Crippen MR) is 108 cm³/mol. The van der Waals surface area contributed by atoms with Crippen LogP contribution in [-0.2, 0) is 4.79 Å². The van der Waals surface area contributed by atoms with Gasteiger partial charge in [-0.1, -0.05) is 42.5 Å². The first kappa shape index (κ1) is 23.7. The highest BCUT2D eigenvalue weighted by atomic mass is 35.5. The number of ether oxygens (including phenoxy) is 1. The molecule has 4 nitrogen and oxygen atoms in total. The second kappa shape index (κ2) is 11.5. The molecule has 0 unspecified atom stereocenters. The Labute approximate surface area is 172 Å². The van der Waals surface area contributed by atoms with E-state index in [2.05, 4.69) is 9.72 Å². The number of pyridine rings is 1. The van der Waals surface area contributed by atoms with Crippen LogP contribution in [-0.4, -0.2) is 17.3 Å². The first-order valence-corrected chi connectivity index (χ1v) is 8.12. The normalized spacial score (nSPS) is 10.4. The molecule has 0 aliphatic rings. The standard InChI is InChI=1S/C16H12F3NO2.C5H5N.ClH/c17-16(18,19)22-14-8-6-13(7-9-14)12-4-1-11(2-5-12)3-10-15(20)21;1-2-4-6-5-3-1;/h1-10H,(H2,20,21);1-5H;1H/b10-3+;;. The summed E-state index contributed by atoms with van der Waals surface area (Å²) in [6.07, 6.45) is 1.63. The van der Waals surface area contributed by atoms with E-state index < -0.39 is 12.3 Å². The number of nitrogens with two attached hydrogens (primary N) is 1. The number of carbonyl (C=O) groups excluding carboxylic acids is 1. The fourth-order valence-corrected chi connectivity index (χ4v) is 2.13. The lowest BCUT2D eigenvalue weighted by atomic mass is 10.0. The summed E-state index contributed by atoms with van der Waals surface area (Å²) in [5.41, 5.74) is 7.37. The molecule has 8 heteroatoms. The molecule has 3 aromatic rings. The van der Waals surface area contributed by atoms with Crippen LogP contribution in [0.25, 0.3) is 17.2 Å². The Morgan fingerprint density at radius 2 is 1.41 bits per heavy atom. The summed E-state index contributed by atoms with van der Waals surface area (Å²) in [7, 11) is 0. The molecule has 0 atom stereocenters. The largest absolute Gasteiger partial charge is 0.573 e. The molecule has 0 spiro atoms. The zero-order valence-corrected chi connectivity index (χ0v) is 15.9. The highest BCUT2D eigenvalue weighted by Crippen LogP contribution is 2.26. The minimum absolute atomic E-state index is 0. The van der Waals surface area contributed by atoms with E-state index in [-0.39, 0.29) is 18.2 Å². The average molecular weight is 423 g/mol. The van der Waals surface area contributed by atoms with Crippen LogP contribution < -0.4 is 10.5 Å². The van der Waals surface area contributed by atoms with Gasteiger partial charge in [0.05, 0.1) is 0 Å². The molecule has 0 saturated heterocycles. The van der Waals surface area contributed by atoms with Crippen molar-refractivity contribution in [1.82, 2.24) is 4.98 Å². The van der Waals surface area contributed by atoms with Gasteiger partial charge >= 0.3 is 6.36 Å². The molecule has 0 saturated carbocycles. The summed E-state index contributed by atoms with van der Waals surface area (Å²) in [6.45, 7) is 0. The highest BCUT2D eigenvalue weighted by molar-refractivity contribution is 5.90. The van der Waals surface area contributed by atoms with Gasteiger partial charge in [-0.2, -0.15) is 0 Å². The summed E-state index contributed by atoms with van der Waals surface area (Å²) >= 11 is 0. The maximum Gasteiger partial charge on any atom is 0.573 e. The van der Waals surface area contributed by atoms with Gasteiger partial charge in [0, 0.05) is 18.5 Å². The first-order valence-electron chi connectivity index (χ1n) is 8.12. The van der Waals surface area contributed by atoms with Crippen LogP contribution in [0.3, 0.4) is 0 Å². The van der Waals surface area contributed by atoms with Crippen molar-refractivity contribution in [3.63, 3.8) is 0 Å². The van der Waals surface area contributed by atoms with Crippen molar-refractivity contribution < 1.29 is 22.7 Å². The highest BCUT2D eigenvalue weighted by Gasteiger charge is 2.30. The number of hydrogen-bond acceptors (Lipinski definition) is 3. The van der Waals surface area contributed by atoms with E-state index in [0.29, 0.717) is 0 Å². The van der Waals surface area contributed by atoms with Crippen LogP contribution in [0.15, 0.2) is 85.2 Å². The number of amides is 1. The molecule has 1 amide bonds. The van der Waals surface area contributed by atoms with Crippen LogP contribution >= 0.6 is 12.4 Å². The zero-order chi connectivity index (χ0) is 20.4. The van der Waals surface area contributed by atoms with E-state index in [0.717, 1.165) is 16.7 Å². The van der Waals surface area contributed by atoms with Gasteiger partial charge in [0.2, 0.25) is 5.91 Å². The van der Waals surface area contributed by atoms with E-state index in [1.54, 1.807) is 42.7 Å². The fourth-order valence-electron chi connectivity index (χ4n) is 2.13. The SMILES string of the molecule is Cl.NC(=O)/C=C/c1ccc(-c2ccc(OC(F)(F)F)cc2)cc1.c1ccncc1. The lowest BCUT2D eigenvalue weighted by Crippen LogP contribution is -2.16. The number of benzene rings is 2. The maximum absolute atomic E-state index is 12.1. The molecule has 1 aromatic heterocycles. The molecule has 2 aromatic carbocycles. The fraction of sp³-hybridized carbons (Fsp3) is 0.0476. The quantitative estimate of drug-likeness (QED) is 0.584. The van der Waals surface area contributed by atoms with Crippen LogP contribution in [0.2, 0.25) is 0 Å². The van der Waals surface area contributed by atoms with Crippen molar-refractivity contribution in [2.45, 2.75) is 6.36 Å². The lowest BCUT2D eigenvalue weighted by molar-refractivity contribution is -0.274. The van der Waals surface area contributed by atoms with E-state index >= 15 is 0 Å². The maximum atomic E-state index is 12.1. The molecule has 0 aliphatic heterocycles. The minimum atomic E-state index is -4.70. The Kier molecular flexibility index (Phi) is 9.41. The Morgan fingerprint density at radius 3 is 1.79 bits per heavy atom. The summed E-state index contributed by atoms with van der Waals surface area (Å²) in [5.74, 6) is -0.804. The van der Waals surface area contributed by atoms with E-state index in [4.69, 9.17) is 5.73 Å². The second-order valence-electron chi connectivity index (χ2n) is 5.45. The van der Waals surface area contributed by atoms with Crippen LogP contribution in [0.4, 0.5) is 13.2 Å². The first-order chi connectivity index (χ1) is 13.3. The Morgan fingerprint density at radius 1 is 0.897 bits per heavy atom. The molecule has 0 radical (unpaired) electrons. The summed E-state index contributed by atoms with van der Waals surface area (Å²) in [4.78, 5) is 14.4. The van der Waals surface area contributed by atoms with Gasteiger partial charge in [0.25, 0.3) is 0 Å². The van der Waals surface area contributed by atoms with Crippen molar-refractivity contribution in [3.8, 4) is 16.9 Å². The lowest BCUT2D eigenvalue weighted by Gasteiger charge is -2.09. The second-order valence-corrected chi connectivity index (χ2v) is 5.45. The van der Waals surface area contributed by atoms with Crippen molar-refractivity contribution in [3.05, 3.63) is 90.8 Å². The third-order valence-corrected chi connectivity index (χ3v) is 3.34. The third-order valence-electron chi connectivity index (χ3n) is 3.34. The van der Waals surface area contributed by atoms with Crippen molar-refractivity contribution >= 4 is 24.4 Å². The molecule has 2 N–H and O–H groups in total. The number of aromatic nitrogens is 1. The van der Waals surface area contributed by atoms with Crippen molar-refractivity contribution in [2.75, 3.05) is 0 Å². The number of alkyl halides is 3. The summed E-state index contributed by atoms with van der Waals surface area (Å²) in [5, 5.41) is 0. The smallest absolute Gasteiger partial charge is 0.406 e. The Balaban J connectivity index is 0.000000514. The van der Waals surface area contributed by atoms with Gasteiger partial charge in [-0.05, 0) is 47.0 Å². The van der Waals surface area contributed by atoms with Crippen LogP contribution in [0.5, 0.6) is 5.75 Å². The molecule has 0 aliphatic carbocycles. The Hall–Kier alpha value is -3.32. The van der Waals surface area contributed by atoms with Crippen LogP contribution in [0, 0.1) is 0 Å². The average Bonchev–Trinajstić information content (AvgIpc) is 2.68. The van der Waals surface area contributed by atoms with E-state index in [1.165, 1.54) is 30.3 Å². The van der Waals surface area contributed by atoms with Gasteiger partial charge in [0.15, 0.2) is 0 Å². The molecule has 152 valence electrons. The minimum Gasteiger partial charge on any atom is -0.406 e. The van der Waals surface area contributed by atoms with Crippen molar-refractivity contribution in [2.24, 2.45) is 5.73 Å². The van der Waals surface area contributed by atoms with E-state index in [1.807, 2.05) is 18.2 Å². The number of carbonyl (C=O) groups is 1. The van der Waals surface area contributed by atoms with Crippen molar-refractivity contribution in [1.29, 1.82) is 0 Å². The predicted octanol–water partition coefficient (Wildman–Crippen LogP) is 5.25. The number of rotatable bonds is 4. The van der Waals surface area contributed by atoms with Gasteiger partial charge in [0.1, 0.15) is 5.75 Å². The number of hydrogen-bond donors (Lipinski definition) is 1. The number of nitrogens with zero attached hydrogens (tertiary/aromatic N) is 1. The number of halogens is 4. The number of primary amides is 1. The van der Waals surface area contributed by atoms with Crippen LogP contribution in [0.1, 0.15) is 5.56 Å². The summed E-state index contributed by atoms with van der Waals surface area (Å²) < 4.78 is 40.0. The Bertz CT molecular complexity index is 871. The van der Waals surface area contributed by atoms with Gasteiger partial charge in [-0.3, -0.25) is 9.78 Å². The molecule has 1 heterocycles. The molecular weight excluding hydrogens is 405 g/mol. The van der Waals surface area contributed by atoms with Gasteiger partial charge in [-0.15, -0.1) is 25.6 Å². The third kappa shape index (κ3) is 9.44. The monoisotopic (exact) mass is 422 g/mol. The van der Waals surface area contributed by atoms with Gasteiger partial charge < -0.3 is 10.5 Å². The van der Waals surface area contributed by atoms with Gasteiger partial charge in [-0.25, -0.2) is 0 Å². The zero-order valence-electron chi connectivity index (χ0n) is 15.0. The molecule has 0 bridgehead atoms. The topological polar surface area (TPSA) is 65.2 Å². The molecule has 0 fully saturated rings. The molecule has 29 heavy (non-hydrogen) atoms. The summed E-state index contributed by atoms with van der Waals surface area (Å²) in [6, 6.07) is 18.4. The molecule has 3 rings (SSSR count).